The number of hydrogen-bond acceptors (Lipinski definition) is 9. The van der Waals surface area contributed by atoms with Crippen LogP contribution in [-0.4, -0.2) is 66.9 Å². The lowest BCUT2D eigenvalue weighted by molar-refractivity contribution is -0.137. The maximum atomic E-state index is 14.7. The van der Waals surface area contributed by atoms with Gasteiger partial charge in [-0.1, -0.05) is 25.1 Å². The normalized spacial score (nSPS) is 24.8. The van der Waals surface area contributed by atoms with Crippen molar-refractivity contribution in [2.75, 3.05) is 13.1 Å². The maximum absolute atomic E-state index is 14.7. The molecule has 1 unspecified atom stereocenters. The van der Waals surface area contributed by atoms with Crippen LogP contribution in [0.1, 0.15) is 60.4 Å². The van der Waals surface area contributed by atoms with Gasteiger partial charge >= 0.3 is 0 Å². The molecule has 11 nitrogen and oxygen atoms in total. The number of likely N-dealkylation sites (tertiary alicyclic amines) is 1. The van der Waals surface area contributed by atoms with Gasteiger partial charge in [0.1, 0.15) is 17.5 Å². The molecule has 2 atom stereocenters. The number of nitrogens with one attached hydrogen (secondary N) is 1. The third-order valence-electron chi connectivity index (χ3n) is 8.37. The molecule has 2 fully saturated rings. The summed E-state index contributed by atoms with van der Waals surface area (Å²) in [4.78, 5) is 49.2. The molecule has 3 aliphatic rings. The molecule has 5 heterocycles. The molecule has 40 heavy (non-hydrogen) atoms. The Bertz CT molecular complexity index is 1510. The van der Waals surface area contributed by atoms with E-state index < -0.39 is 28.8 Å². The van der Waals surface area contributed by atoms with E-state index in [4.69, 9.17) is 9.51 Å². The number of aromatic nitrogens is 3. The standard InChI is InChI=1S/C28H29FN6O5/c1-27(2)14-34(12-16-3-4-17(19(29)11-16)24-30-15-40-33-24)10-9-28(27,39)22-7-5-18-20(31-22)13-35(26(18)38)21-6-8-23(36)32-25(21)37/h3-5,7,11,15,21,39H,6,8-10,12-14H2,1-2H3,(H,32,36,37)/t21?,28-/m1/s1. The van der Waals surface area contributed by atoms with E-state index in [1.807, 2.05) is 19.9 Å². The number of amides is 3. The smallest absolute Gasteiger partial charge is 0.256 e. The van der Waals surface area contributed by atoms with Gasteiger partial charge in [-0.15, -0.1) is 0 Å². The van der Waals surface area contributed by atoms with E-state index in [1.54, 1.807) is 18.2 Å². The monoisotopic (exact) mass is 548 g/mol. The summed E-state index contributed by atoms with van der Waals surface area (Å²) in [7, 11) is 0. The van der Waals surface area contributed by atoms with E-state index in [0.717, 1.165) is 12.0 Å². The van der Waals surface area contributed by atoms with Crippen molar-refractivity contribution in [3.05, 3.63) is 65.1 Å². The fourth-order valence-corrected chi connectivity index (χ4v) is 6.09. The van der Waals surface area contributed by atoms with E-state index in [9.17, 15) is 23.9 Å². The lowest BCUT2D eigenvalue weighted by atomic mass is 9.68. The van der Waals surface area contributed by atoms with Crippen molar-refractivity contribution in [1.82, 2.24) is 30.2 Å². The highest BCUT2D eigenvalue weighted by atomic mass is 19.1. The number of rotatable bonds is 5. The fraction of sp³-hybridized carbons (Fsp3) is 0.429. The van der Waals surface area contributed by atoms with Crippen LogP contribution >= 0.6 is 0 Å². The van der Waals surface area contributed by atoms with E-state index in [-0.39, 0.29) is 42.6 Å². The highest BCUT2D eigenvalue weighted by Gasteiger charge is 2.50. The fourth-order valence-electron chi connectivity index (χ4n) is 6.09. The molecule has 0 radical (unpaired) electrons. The maximum Gasteiger partial charge on any atom is 0.256 e. The molecular formula is C28H29FN6O5. The average molecular weight is 549 g/mol. The quantitative estimate of drug-likeness (QED) is 0.459. The first-order chi connectivity index (χ1) is 19.1. The molecule has 0 saturated carbocycles. The lowest BCUT2D eigenvalue weighted by Gasteiger charge is -2.50. The molecule has 2 aromatic heterocycles. The third-order valence-corrected chi connectivity index (χ3v) is 8.37. The SMILES string of the molecule is CC1(C)CN(Cc2ccc(-c3ncon3)c(F)c2)CC[C@@]1(O)c1ccc2c(n1)CN(C1CCC(=O)NC1=O)C2=O. The van der Waals surface area contributed by atoms with E-state index in [1.165, 1.54) is 11.0 Å². The summed E-state index contributed by atoms with van der Waals surface area (Å²) in [6.45, 7) is 5.65. The molecule has 1 aromatic carbocycles. The Morgan fingerprint density at radius 1 is 1.18 bits per heavy atom. The van der Waals surface area contributed by atoms with Gasteiger partial charge in [0, 0.05) is 31.5 Å². The number of nitrogens with zero attached hydrogens (tertiary/aromatic N) is 5. The van der Waals surface area contributed by atoms with Crippen LogP contribution in [0.3, 0.4) is 0 Å². The molecule has 3 amide bonds. The second-order valence-corrected chi connectivity index (χ2v) is 11.4. The summed E-state index contributed by atoms with van der Waals surface area (Å²) < 4.78 is 19.4. The van der Waals surface area contributed by atoms with Gasteiger partial charge < -0.3 is 14.5 Å². The summed E-state index contributed by atoms with van der Waals surface area (Å²) in [6, 6.07) is 7.56. The number of carbonyl (C=O) groups is 3. The zero-order chi connectivity index (χ0) is 28.2. The minimum Gasteiger partial charge on any atom is -0.383 e. The van der Waals surface area contributed by atoms with E-state index in [0.29, 0.717) is 43.0 Å². The minimum absolute atomic E-state index is 0.141. The first kappa shape index (κ1) is 26.2. The summed E-state index contributed by atoms with van der Waals surface area (Å²) >= 11 is 0. The Kier molecular flexibility index (Phi) is 6.26. The van der Waals surface area contributed by atoms with Crippen molar-refractivity contribution in [1.29, 1.82) is 0 Å². The first-order valence-electron chi connectivity index (χ1n) is 13.2. The Morgan fingerprint density at radius 2 is 1.98 bits per heavy atom. The van der Waals surface area contributed by atoms with Gasteiger partial charge in [0.15, 0.2) is 0 Å². The number of halogens is 1. The zero-order valence-electron chi connectivity index (χ0n) is 22.2. The van der Waals surface area contributed by atoms with Crippen molar-refractivity contribution in [3.63, 3.8) is 0 Å². The summed E-state index contributed by atoms with van der Waals surface area (Å²) in [5.74, 6) is -1.36. The van der Waals surface area contributed by atoms with Crippen LogP contribution in [-0.2, 0) is 28.3 Å². The molecule has 12 heteroatoms. The van der Waals surface area contributed by atoms with Crippen LogP contribution in [0.5, 0.6) is 0 Å². The number of hydrogen-bond donors (Lipinski definition) is 2. The Hall–Kier alpha value is -4.03. The predicted molar refractivity (Wildman–Crippen MR) is 138 cm³/mol. The summed E-state index contributed by atoms with van der Waals surface area (Å²) in [5.41, 5.74) is 0.551. The highest BCUT2D eigenvalue weighted by molar-refractivity contribution is 6.05. The third kappa shape index (κ3) is 4.37. The predicted octanol–water partition coefficient (Wildman–Crippen LogP) is 2.15. The molecule has 0 bridgehead atoms. The van der Waals surface area contributed by atoms with Crippen LogP contribution in [0.2, 0.25) is 0 Å². The second-order valence-electron chi connectivity index (χ2n) is 11.4. The molecular weight excluding hydrogens is 519 g/mol. The van der Waals surface area contributed by atoms with E-state index in [2.05, 4.69) is 20.4 Å². The molecule has 3 aromatic rings. The number of fused-ring (bicyclic) bond motifs is 1. The number of imide groups is 1. The molecule has 2 saturated heterocycles. The number of benzene rings is 1. The van der Waals surface area contributed by atoms with Crippen molar-refractivity contribution < 1.29 is 28.4 Å². The van der Waals surface area contributed by atoms with Crippen LogP contribution in [0, 0.1) is 11.2 Å². The zero-order valence-corrected chi connectivity index (χ0v) is 22.2. The number of aliphatic hydroxyl groups is 1. The second kappa shape index (κ2) is 9.56. The van der Waals surface area contributed by atoms with Gasteiger partial charge in [0.05, 0.1) is 29.1 Å². The van der Waals surface area contributed by atoms with Gasteiger partial charge in [0.25, 0.3) is 5.91 Å². The average Bonchev–Trinajstić information content (AvgIpc) is 3.54. The van der Waals surface area contributed by atoms with Gasteiger partial charge in [0.2, 0.25) is 24.0 Å². The summed E-state index contributed by atoms with van der Waals surface area (Å²) in [6.07, 6.45) is 1.99. The largest absolute Gasteiger partial charge is 0.383 e. The molecule has 0 aliphatic carbocycles. The van der Waals surface area contributed by atoms with Crippen molar-refractivity contribution in [2.24, 2.45) is 5.41 Å². The Morgan fingerprint density at radius 3 is 2.67 bits per heavy atom. The van der Waals surface area contributed by atoms with Crippen LogP contribution in [0.15, 0.2) is 41.2 Å². The number of piperidine rings is 2. The van der Waals surface area contributed by atoms with Crippen LogP contribution < -0.4 is 5.32 Å². The van der Waals surface area contributed by atoms with Crippen molar-refractivity contribution in [2.45, 2.75) is 57.8 Å². The van der Waals surface area contributed by atoms with Crippen molar-refractivity contribution in [3.8, 4) is 11.4 Å². The molecule has 3 aliphatic heterocycles. The molecule has 208 valence electrons. The Labute approximate surface area is 229 Å². The lowest BCUT2D eigenvalue weighted by Crippen LogP contribution is -2.55. The van der Waals surface area contributed by atoms with Gasteiger partial charge in [-0.25, -0.2) is 4.39 Å². The van der Waals surface area contributed by atoms with Gasteiger partial charge in [-0.3, -0.25) is 29.6 Å². The summed E-state index contributed by atoms with van der Waals surface area (Å²) in [5, 5.41) is 17.9. The molecule has 2 N–H and O–H groups in total. The topological polar surface area (TPSA) is 142 Å². The first-order valence-corrected chi connectivity index (χ1v) is 13.2. The number of pyridine rings is 1. The van der Waals surface area contributed by atoms with Gasteiger partial charge in [-0.2, -0.15) is 4.98 Å². The van der Waals surface area contributed by atoms with Crippen LogP contribution in [0.25, 0.3) is 11.4 Å². The minimum atomic E-state index is -1.27. The molecule has 6 rings (SSSR count). The molecule has 0 spiro atoms. The van der Waals surface area contributed by atoms with Crippen molar-refractivity contribution >= 4 is 17.7 Å². The highest BCUT2D eigenvalue weighted by Crippen LogP contribution is 2.46. The Balaban J connectivity index is 1.17. The van der Waals surface area contributed by atoms with Crippen LogP contribution in [0.4, 0.5) is 4.39 Å². The number of carbonyl (C=O) groups excluding carboxylic acids is 3. The van der Waals surface area contributed by atoms with Gasteiger partial charge in [-0.05, 0) is 42.7 Å². The van der Waals surface area contributed by atoms with E-state index >= 15 is 0 Å².